The lowest BCUT2D eigenvalue weighted by Gasteiger charge is -2.50. The lowest BCUT2D eigenvalue weighted by molar-refractivity contribution is -0.163. The predicted molar refractivity (Wildman–Crippen MR) is 86.2 cm³/mol. The fraction of sp³-hybridized carbons (Fsp3) is 0.684. The number of carbonyl (C=O) groups excluding carboxylic acids is 2. The molecule has 126 valence electrons. The molecule has 4 nitrogen and oxygen atoms in total. The summed E-state index contributed by atoms with van der Waals surface area (Å²) in [6, 6.07) is 0. The van der Waals surface area contributed by atoms with Crippen LogP contribution >= 0.6 is 0 Å². The molecule has 1 saturated carbocycles. The molecule has 2 aliphatic carbocycles. The van der Waals surface area contributed by atoms with Crippen molar-refractivity contribution in [1.29, 1.82) is 0 Å². The molecule has 23 heavy (non-hydrogen) atoms. The number of Topliss-reactive ketones (excluding diaryl/α,β-unsaturated/α-hetero) is 1. The minimum absolute atomic E-state index is 0.0375. The zero-order valence-electron chi connectivity index (χ0n) is 14.6. The van der Waals surface area contributed by atoms with E-state index in [4.69, 9.17) is 9.15 Å². The molecule has 0 N–H and O–H groups in total. The summed E-state index contributed by atoms with van der Waals surface area (Å²) in [6.45, 7) is 9.99. The molecule has 0 bridgehead atoms. The van der Waals surface area contributed by atoms with Crippen molar-refractivity contribution in [3.05, 3.63) is 23.2 Å². The summed E-state index contributed by atoms with van der Waals surface area (Å²) in [5, 5.41) is 0. The van der Waals surface area contributed by atoms with E-state index in [1.165, 1.54) is 0 Å². The second-order valence-corrected chi connectivity index (χ2v) is 7.82. The molecule has 0 aliphatic heterocycles. The van der Waals surface area contributed by atoms with Gasteiger partial charge in [-0.25, -0.2) is 0 Å². The maximum absolute atomic E-state index is 12.9. The fourth-order valence-corrected chi connectivity index (χ4v) is 4.25. The van der Waals surface area contributed by atoms with Crippen molar-refractivity contribution in [2.24, 2.45) is 23.2 Å². The molecule has 1 heterocycles. The first-order chi connectivity index (χ1) is 10.8. The molecule has 0 saturated heterocycles. The normalized spacial score (nSPS) is 33.3. The van der Waals surface area contributed by atoms with Crippen molar-refractivity contribution in [2.45, 2.75) is 60.0 Å². The smallest absolute Gasteiger partial charge is 0.308 e. The number of fused-ring (bicyclic) bond motifs is 2. The molecule has 2 aliphatic rings. The topological polar surface area (TPSA) is 56.5 Å². The van der Waals surface area contributed by atoms with E-state index >= 15 is 0 Å². The van der Waals surface area contributed by atoms with E-state index in [0.29, 0.717) is 5.76 Å². The number of ether oxygens (including phenoxy) is 1. The van der Waals surface area contributed by atoms with Crippen LogP contribution in [0.1, 0.15) is 62.2 Å². The first kappa shape index (κ1) is 16.3. The van der Waals surface area contributed by atoms with Crippen molar-refractivity contribution in [3.8, 4) is 0 Å². The molecule has 4 heteroatoms. The summed E-state index contributed by atoms with van der Waals surface area (Å²) in [6.07, 6.45) is 3.91. The largest absolute Gasteiger partial charge is 0.462 e. The Morgan fingerprint density at radius 3 is 2.74 bits per heavy atom. The highest BCUT2D eigenvalue weighted by atomic mass is 16.5. The maximum Gasteiger partial charge on any atom is 0.308 e. The van der Waals surface area contributed by atoms with Gasteiger partial charge in [-0.15, -0.1) is 0 Å². The quantitative estimate of drug-likeness (QED) is 0.775. The van der Waals surface area contributed by atoms with Crippen LogP contribution in [0, 0.1) is 30.1 Å². The highest BCUT2D eigenvalue weighted by Crippen LogP contribution is 2.53. The van der Waals surface area contributed by atoms with Gasteiger partial charge in [0.2, 0.25) is 5.78 Å². The van der Waals surface area contributed by atoms with E-state index in [2.05, 4.69) is 13.8 Å². The fourth-order valence-electron chi connectivity index (χ4n) is 4.25. The average molecular weight is 318 g/mol. The Labute approximate surface area is 137 Å². The third-order valence-corrected chi connectivity index (χ3v) is 6.07. The number of furan rings is 1. The Morgan fingerprint density at radius 2 is 2.09 bits per heavy atom. The predicted octanol–water partition coefficient (Wildman–Crippen LogP) is 3.95. The van der Waals surface area contributed by atoms with Crippen molar-refractivity contribution < 1.29 is 18.7 Å². The van der Waals surface area contributed by atoms with Crippen molar-refractivity contribution in [1.82, 2.24) is 0 Å². The van der Waals surface area contributed by atoms with Crippen LogP contribution in [0.25, 0.3) is 0 Å². The SMILES string of the molecule is Cc1coc2c1CC1(C)C(CCC(OC(=O)C(C)C)C1C)C2=O. The number of carbonyl (C=O) groups is 2. The van der Waals surface area contributed by atoms with Gasteiger partial charge in [0.25, 0.3) is 0 Å². The van der Waals surface area contributed by atoms with Gasteiger partial charge >= 0.3 is 5.97 Å². The minimum atomic E-state index is -0.182. The summed E-state index contributed by atoms with van der Waals surface area (Å²) < 4.78 is 11.3. The number of hydrogen-bond acceptors (Lipinski definition) is 4. The Hall–Kier alpha value is -1.58. The van der Waals surface area contributed by atoms with Crippen LogP contribution in [0.5, 0.6) is 0 Å². The number of ketones is 1. The first-order valence-electron chi connectivity index (χ1n) is 8.57. The lowest BCUT2D eigenvalue weighted by Crippen LogP contribution is -2.52. The summed E-state index contributed by atoms with van der Waals surface area (Å²) in [7, 11) is 0. The van der Waals surface area contributed by atoms with Gasteiger partial charge in [-0.2, -0.15) is 0 Å². The molecule has 1 aromatic heterocycles. The van der Waals surface area contributed by atoms with Gasteiger partial charge in [0.15, 0.2) is 5.76 Å². The van der Waals surface area contributed by atoms with Crippen LogP contribution in [0.2, 0.25) is 0 Å². The first-order valence-corrected chi connectivity index (χ1v) is 8.57. The second-order valence-electron chi connectivity index (χ2n) is 7.82. The molecule has 3 rings (SSSR count). The molecular weight excluding hydrogens is 292 g/mol. The standard InChI is InChI=1S/C19H26O4/c1-10(2)18(21)23-15-7-6-14-16(20)17-13(11(3)9-22-17)8-19(14,5)12(15)4/h9-10,12,14-15H,6-8H2,1-5H3. The lowest BCUT2D eigenvalue weighted by atomic mass is 9.54. The van der Waals surface area contributed by atoms with Gasteiger partial charge in [-0.1, -0.05) is 27.7 Å². The highest BCUT2D eigenvalue weighted by Gasteiger charge is 2.54. The molecule has 0 aromatic carbocycles. The van der Waals surface area contributed by atoms with E-state index in [1.807, 2.05) is 20.8 Å². The Kier molecular flexibility index (Phi) is 3.89. The van der Waals surface area contributed by atoms with E-state index in [-0.39, 0.29) is 41.0 Å². The monoisotopic (exact) mass is 318 g/mol. The van der Waals surface area contributed by atoms with Crippen LogP contribution in [-0.2, 0) is 16.0 Å². The van der Waals surface area contributed by atoms with E-state index in [9.17, 15) is 9.59 Å². The average Bonchev–Trinajstić information content (AvgIpc) is 2.85. The number of hydrogen-bond donors (Lipinski definition) is 0. The molecule has 1 aromatic rings. The van der Waals surface area contributed by atoms with Gasteiger partial charge < -0.3 is 9.15 Å². The van der Waals surface area contributed by atoms with Gasteiger partial charge in [0, 0.05) is 11.5 Å². The molecular formula is C19H26O4. The van der Waals surface area contributed by atoms with E-state index < -0.39 is 0 Å². The maximum atomic E-state index is 12.9. The molecule has 4 atom stereocenters. The van der Waals surface area contributed by atoms with E-state index in [0.717, 1.165) is 30.4 Å². The number of rotatable bonds is 2. The molecule has 0 spiro atoms. The minimum Gasteiger partial charge on any atom is -0.462 e. The Morgan fingerprint density at radius 1 is 1.39 bits per heavy atom. The van der Waals surface area contributed by atoms with Crippen molar-refractivity contribution >= 4 is 11.8 Å². The summed E-state index contributed by atoms with van der Waals surface area (Å²) in [5.41, 5.74) is 1.90. The number of esters is 1. The van der Waals surface area contributed by atoms with Gasteiger partial charge in [-0.3, -0.25) is 9.59 Å². The van der Waals surface area contributed by atoms with Crippen molar-refractivity contribution in [2.75, 3.05) is 0 Å². The zero-order valence-corrected chi connectivity index (χ0v) is 14.6. The highest BCUT2D eigenvalue weighted by molar-refractivity contribution is 5.98. The molecule has 1 fully saturated rings. The summed E-state index contributed by atoms with van der Waals surface area (Å²) in [4.78, 5) is 24.8. The van der Waals surface area contributed by atoms with Crippen LogP contribution in [0.4, 0.5) is 0 Å². The van der Waals surface area contributed by atoms with Gasteiger partial charge in [0.05, 0.1) is 12.2 Å². The molecule has 0 radical (unpaired) electrons. The van der Waals surface area contributed by atoms with Crippen LogP contribution in [0.3, 0.4) is 0 Å². The van der Waals surface area contributed by atoms with Crippen molar-refractivity contribution in [3.63, 3.8) is 0 Å². The summed E-state index contributed by atoms with van der Waals surface area (Å²) >= 11 is 0. The van der Waals surface area contributed by atoms with E-state index in [1.54, 1.807) is 6.26 Å². The third-order valence-electron chi connectivity index (χ3n) is 6.07. The Balaban J connectivity index is 1.90. The van der Waals surface area contributed by atoms with Crippen LogP contribution < -0.4 is 0 Å². The van der Waals surface area contributed by atoms with Crippen LogP contribution in [0.15, 0.2) is 10.7 Å². The molecule has 4 unspecified atom stereocenters. The molecule has 0 amide bonds. The van der Waals surface area contributed by atoms with Crippen LogP contribution in [-0.4, -0.2) is 17.9 Å². The second kappa shape index (κ2) is 5.50. The zero-order chi connectivity index (χ0) is 16.9. The number of aryl methyl sites for hydroxylation is 1. The van der Waals surface area contributed by atoms with Gasteiger partial charge in [0.1, 0.15) is 6.10 Å². The van der Waals surface area contributed by atoms with Gasteiger partial charge in [-0.05, 0) is 43.1 Å². The third kappa shape index (κ3) is 2.43. The Bertz CT molecular complexity index is 642. The summed E-state index contributed by atoms with van der Waals surface area (Å²) in [5.74, 6) is 0.520.